The summed E-state index contributed by atoms with van der Waals surface area (Å²) in [5.41, 5.74) is 0. The lowest BCUT2D eigenvalue weighted by Crippen LogP contribution is -2.42. The molecule has 0 saturated carbocycles. The van der Waals surface area contributed by atoms with Crippen LogP contribution in [0.25, 0.3) is 0 Å². The summed E-state index contributed by atoms with van der Waals surface area (Å²) in [4.78, 5) is 32.4. The average molecular weight is 350 g/mol. The topological polar surface area (TPSA) is 79.5 Å². The van der Waals surface area contributed by atoms with Crippen molar-refractivity contribution in [2.45, 2.75) is 65.8 Å². The molecule has 0 N–H and O–H groups in total. The summed E-state index contributed by atoms with van der Waals surface area (Å²) in [7, 11) is 0. The molecule has 7 nitrogen and oxygen atoms in total. The fourth-order valence-corrected chi connectivity index (χ4v) is 3.12. The van der Waals surface area contributed by atoms with E-state index in [9.17, 15) is 9.59 Å². The zero-order valence-electron chi connectivity index (χ0n) is 16.0. The zero-order chi connectivity index (χ0) is 18.6. The highest BCUT2D eigenvalue weighted by Crippen LogP contribution is 2.19. The third-order valence-corrected chi connectivity index (χ3v) is 4.50. The largest absolute Gasteiger partial charge is 0.341 e. The van der Waals surface area contributed by atoms with Crippen molar-refractivity contribution in [3.8, 4) is 0 Å². The number of aromatic nitrogens is 2. The van der Waals surface area contributed by atoms with Gasteiger partial charge in [-0.25, -0.2) is 0 Å². The molecule has 2 amide bonds. The summed E-state index contributed by atoms with van der Waals surface area (Å²) in [6, 6.07) is 0.0742. The van der Waals surface area contributed by atoms with E-state index in [0.29, 0.717) is 43.6 Å². The molecule has 1 unspecified atom stereocenters. The molecule has 140 valence electrons. The predicted molar refractivity (Wildman–Crippen MR) is 93.9 cm³/mol. The molecule has 1 aromatic rings. The first-order chi connectivity index (χ1) is 11.8. The van der Waals surface area contributed by atoms with Crippen LogP contribution in [0.3, 0.4) is 0 Å². The molecule has 0 radical (unpaired) electrons. The Labute approximate surface area is 149 Å². The fourth-order valence-electron chi connectivity index (χ4n) is 3.12. The van der Waals surface area contributed by atoms with Gasteiger partial charge in [-0.15, -0.1) is 0 Å². The molecule has 7 heteroatoms. The first-order valence-electron chi connectivity index (χ1n) is 9.15. The molecule has 1 aromatic heterocycles. The number of likely N-dealkylation sites (tertiary alicyclic amines) is 1. The fraction of sp³-hybridized carbons (Fsp3) is 0.778. The molecule has 0 bridgehead atoms. The molecule has 2 heterocycles. The molecule has 2 rings (SSSR count). The summed E-state index contributed by atoms with van der Waals surface area (Å²) in [6.07, 6.45) is 1.95. The monoisotopic (exact) mass is 350 g/mol. The van der Waals surface area contributed by atoms with Crippen LogP contribution >= 0.6 is 0 Å². The van der Waals surface area contributed by atoms with Crippen molar-refractivity contribution in [2.75, 3.05) is 19.6 Å². The van der Waals surface area contributed by atoms with E-state index < -0.39 is 0 Å². The molecule has 1 aliphatic heterocycles. The van der Waals surface area contributed by atoms with E-state index in [0.717, 1.165) is 13.0 Å². The summed E-state index contributed by atoms with van der Waals surface area (Å²) >= 11 is 0. The predicted octanol–water partition coefficient (Wildman–Crippen LogP) is 2.23. The van der Waals surface area contributed by atoms with Gasteiger partial charge in [0.1, 0.15) is 0 Å². The second kappa shape index (κ2) is 8.45. The molecular weight excluding hydrogens is 320 g/mol. The SMILES string of the molecule is CC(=O)N(CCc1noc(C(C)C)n1)C1CCN(C(=O)CC(C)C)C1. The van der Waals surface area contributed by atoms with Gasteiger partial charge in [0, 0.05) is 45.3 Å². The number of carbonyl (C=O) groups excluding carboxylic acids is 2. The maximum atomic E-state index is 12.2. The van der Waals surface area contributed by atoms with Crippen LogP contribution in [0.5, 0.6) is 0 Å². The Morgan fingerprint density at radius 3 is 2.60 bits per heavy atom. The van der Waals surface area contributed by atoms with Crippen molar-refractivity contribution >= 4 is 11.8 Å². The van der Waals surface area contributed by atoms with Crippen LogP contribution in [-0.2, 0) is 16.0 Å². The lowest BCUT2D eigenvalue weighted by molar-refractivity contribution is -0.134. The second-order valence-corrected chi connectivity index (χ2v) is 7.55. The van der Waals surface area contributed by atoms with Crippen molar-refractivity contribution in [1.29, 1.82) is 0 Å². The van der Waals surface area contributed by atoms with E-state index in [2.05, 4.69) is 10.1 Å². The van der Waals surface area contributed by atoms with Crippen molar-refractivity contribution in [1.82, 2.24) is 19.9 Å². The summed E-state index contributed by atoms with van der Waals surface area (Å²) in [5.74, 6) is 2.00. The average Bonchev–Trinajstić information content (AvgIpc) is 3.15. The third kappa shape index (κ3) is 5.28. The van der Waals surface area contributed by atoms with E-state index in [1.54, 1.807) is 6.92 Å². The van der Waals surface area contributed by atoms with Crippen LogP contribution in [0, 0.1) is 5.92 Å². The van der Waals surface area contributed by atoms with Crippen molar-refractivity contribution < 1.29 is 14.1 Å². The van der Waals surface area contributed by atoms with Gasteiger partial charge in [-0.3, -0.25) is 9.59 Å². The second-order valence-electron chi connectivity index (χ2n) is 7.55. The molecule has 1 fully saturated rings. The first-order valence-corrected chi connectivity index (χ1v) is 9.15. The Morgan fingerprint density at radius 1 is 1.32 bits per heavy atom. The van der Waals surface area contributed by atoms with E-state index >= 15 is 0 Å². The van der Waals surface area contributed by atoms with E-state index in [1.165, 1.54) is 0 Å². The van der Waals surface area contributed by atoms with Gasteiger partial charge >= 0.3 is 0 Å². The number of rotatable bonds is 7. The standard InChI is InChI=1S/C18H30N4O3/c1-12(2)10-17(24)21-8-6-15(11-21)22(14(5)23)9-7-16-19-18(13(3)4)25-20-16/h12-13,15H,6-11H2,1-5H3. The highest BCUT2D eigenvalue weighted by atomic mass is 16.5. The highest BCUT2D eigenvalue weighted by Gasteiger charge is 2.31. The number of hydrogen-bond acceptors (Lipinski definition) is 5. The molecule has 0 aliphatic carbocycles. The van der Waals surface area contributed by atoms with Crippen LogP contribution in [-0.4, -0.2) is 57.4 Å². The van der Waals surface area contributed by atoms with Gasteiger partial charge in [0.05, 0.1) is 6.04 Å². The minimum atomic E-state index is 0.0238. The molecule has 25 heavy (non-hydrogen) atoms. The van der Waals surface area contributed by atoms with E-state index in [-0.39, 0.29) is 23.8 Å². The first kappa shape index (κ1) is 19.4. The van der Waals surface area contributed by atoms with Gasteiger partial charge in [-0.1, -0.05) is 32.9 Å². The van der Waals surface area contributed by atoms with Gasteiger partial charge in [0.2, 0.25) is 17.7 Å². The normalized spacial score (nSPS) is 17.6. The molecule has 0 spiro atoms. The van der Waals surface area contributed by atoms with Crippen LogP contribution in [0.1, 0.15) is 65.1 Å². The van der Waals surface area contributed by atoms with E-state index in [1.807, 2.05) is 37.5 Å². The number of carbonyl (C=O) groups is 2. The number of hydrogen-bond donors (Lipinski definition) is 0. The van der Waals surface area contributed by atoms with Gasteiger partial charge < -0.3 is 14.3 Å². The van der Waals surface area contributed by atoms with Crippen molar-refractivity contribution in [3.63, 3.8) is 0 Å². The lowest BCUT2D eigenvalue weighted by Gasteiger charge is -2.28. The lowest BCUT2D eigenvalue weighted by atomic mass is 10.1. The Bertz CT molecular complexity index is 597. The minimum absolute atomic E-state index is 0.0238. The van der Waals surface area contributed by atoms with Crippen LogP contribution in [0.15, 0.2) is 4.52 Å². The van der Waals surface area contributed by atoms with Gasteiger partial charge in [-0.05, 0) is 12.3 Å². The Balaban J connectivity index is 1.92. The van der Waals surface area contributed by atoms with Crippen LogP contribution in [0.4, 0.5) is 0 Å². The van der Waals surface area contributed by atoms with Crippen molar-refractivity contribution in [3.05, 3.63) is 11.7 Å². The minimum Gasteiger partial charge on any atom is -0.341 e. The number of amides is 2. The highest BCUT2D eigenvalue weighted by molar-refractivity contribution is 5.77. The Kier molecular flexibility index (Phi) is 6.56. The van der Waals surface area contributed by atoms with Gasteiger partial charge in [0.25, 0.3) is 0 Å². The molecule has 0 aromatic carbocycles. The summed E-state index contributed by atoms with van der Waals surface area (Å²) < 4.78 is 5.21. The Hall–Kier alpha value is -1.92. The molecule has 1 atom stereocenters. The third-order valence-electron chi connectivity index (χ3n) is 4.50. The molecule has 1 saturated heterocycles. The van der Waals surface area contributed by atoms with Crippen LogP contribution in [0.2, 0.25) is 0 Å². The zero-order valence-corrected chi connectivity index (χ0v) is 16.0. The van der Waals surface area contributed by atoms with Gasteiger partial charge in [-0.2, -0.15) is 4.98 Å². The molecular formula is C18H30N4O3. The van der Waals surface area contributed by atoms with Gasteiger partial charge in [0.15, 0.2) is 5.82 Å². The van der Waals surface area contributed by atoms with Crippen LogP contribution < -0.4 is 0 Å². The van der Waals surface area contributed by atoms with E-state index in [4.69, 9.17) is 4.52 Å². The smallest absolute Gasteiger partial charge is 0.229 e. The quantitative estimate of drug-likeness (QED) is 0.753. The maximum Gasteiger partial charge on any atom is 0.229 e. The maximum absolute atomic E-state index is 12.2. The molecule has 1 aliphatic rings. The summed E-state index contributed by atoms with van der Waals surface area (Å²) in [5, 5.41) is 3.98. The number of nitrogens with zero attached hydrogens (tertiary/aromatic N) is 4. The summed E-state index contributed by atoms with van der Waals surface area (Å²) in [6.45, 7) is 11.6. The van der Waals surface area contributed by atoms with Crippen molar-refractivity contribution in [2.24, 2.45) is 5.92 Å². The Morgan fingerprint density at radius 2 is 2.04 bits per heavy atom.